The fourth-order valence-electron chi connectivity index (χ4n) is 2.62. The topological polar surface area (TPSA) is 101 Å². The first-order valence-corrected chi connectivity index (χ1v) is 9.70. The van der Waals surface area contributed by atoms with Crippen molar-refractivity contribution in [3.63, 3.8) is 0 Å². The molecule has 1 aromatic carbocycles. The van der Waals surface area contributed by atoms with E-state index < -0.39 is 16.1 Å². The van der Waals surface area contributed by atoms with E-state index >= 15 is 0 Å². The number of aliphatic imine (C=N–C) groups is 1. The molecule has 0 radical (unpaired) electrons. The Morgan fingerprint density at radius 3 is 2.58 bits per heavy atom. The van der Waals surface area contributed by atoms with Gasteiger partial charge in [0.2, 0.25) is 0 Å². The molecule has 1 aliphatic rings. The molecule has 1 amide bonds. The van der Waals surface area contributed by atoms with E-state index in [1.54, 1.807) is 30.5 Å². The van der Waals surface area contributed by atoms with Crippen molar-refractivity contribution in [2.75, 3.05) is 5.32 Å². The zero-order valence-electron chi connectivity index (χ0n) is 14.7. The van der Waals surface area contributed by atoms with E-state index in [4.69, 9.17) is 0 Å². The summed E-state index contributed by atoms with van der Waals surface area (Å²) < 4.78 is 26.8. The second kappa shape index (κ2) is 6.87. The summed E-state index contributed by atoms with van der Waals surface area (Å²) in [5.41, 5.74) is 1.46. The van der Waals surface area contributed by atoms with Crippen LogP contribution in [0.3, 0.4) is 0 Å². The van der Waals surface area contributed by atoms with Crippen molar-refractivity contribution in [1.82, 2.24) is 9.71 Å². The molecule has 2 aromatic rings. The molecule has 1 unspecified atom stereocenters. The van der Waals surface area contributed by atoms with E-state index in [1.807, 2.05) is 26.8 Å². The normalized spacial score (nSPS) is 17.6. The van der Waals surface area contributed by atoms with Gasteiger partial charge in [-0.25, -0.2) is 13.4 Å². The molecule has 136 valence electrons. The summed E-state index contributed by atoms with van der Waals surface area (Å²) in [5.74, 6) is 0.141. The van der Waals surface area contributed by atoms with Crippen LogP contribution in [0.4, 0.5) is 5.82 Å². The second-order valence-corrected chi connectivity index (χ2v) is 8.13. The number of pyridine rings is 1. The van der Waals surface area contributed by atoms with Gasteiger partial charge in [-0.15, -0.1) is 0 Å². The van der Waals surface area contributed by atoms with E-state index in [9.17, 15) is 13.2 Å². The van der Waals surface area contributed by atoms with Crippen molar-refractivity contribution in [2.45, 2.75) is 31.7 Å². The Labute approximate surface area is 152 Å². The molecule has 1 aliphatic heterocycles. The molecule has 0 bridgehead atoms. The average molecular weight is 372 g/mol. The monoisotopic (exact) mass is 372 g/mol. The number of carbonyl (C=O) groups excluding carboxylic acids is 1. The number of aryl methyl sites for hydroxylation is 1. The predicted molar refractivity (Wildman–Crippen MR) is 99.5 cm³/mol. The molecule has 1 aromatic heterocycles. The smallest absolute Gasteiger partial charge is 0.263 e. The number of anilines is 1. The Morgan fingerprint density at radius 1 is 1.19 bits per heavy atom. The van der Waals surface area contributed by atoms with Gasteiger partial charge in [-0.05, 0) is 36.6 Å². The van der Waals surface area contributed by atoms with Gasteiger partial charge in [0.1, 0.15) is 17.7 Å². The van der Waals surface area contributed by atoms with Crippen LogP contribution in [-0.4, -0.2) is 31.2 Å². The third-order valence-electron chi connectivity index (χ3n) is 3.99. The maximum Gasteiger partial charge on any atom is 0.263 e. The molecule has 0 saturated carbocycles. The highest BCUT2D eigenvalue weighted by Crippen LogP contribution is 2.23. The molecule has 0 fully saturated rings. The van der Waals surface area contributed by atoms with Crippen LogP contribution in [0.5, 0.6) is 0 Å². The maximum absolute atomic E-state index is 12.7. The Hall–Kier alpha value is -2.74. The number of hydrogen-bond donors (Lipinski definition) is 2. The van der Waals surface area contributed by atoms with Crippen molar-refractivity contribution in [1.29, 1.82) is 0 Å². The minimum absolute atomic E-state index is 0.134. The summed E-state index contributed by atoms with van der Waals surface area (Å²) in [6.45, 7) is 5.61. The van der Waals surface area contributed by atoms with Crippen molar-refractivity contribution in [3.05, 3.63) is 53.7 Å². The second-order valence-electron chi connectivity index (χ2n) is 6.48. The summed E-state index contributed by atoms with van der Waals surface area (Å²) >= 11 is 0. The lowest BCUT2D eigenvalue weighted by Crippen LogP contribution is -2.34. The van der Waals surface area contributed by atoms with Gasteiger partial charge < -0.3 is 5.32 Å². The molecule has 0 saturated heterocycles. The summed E-state index contributed by atoms with van der Waals surface area (Å²) in [5, 5.41) is 2.73. The molecule has 1 atom stereocenters. The molecule has 2 N–H and O–H groups in total. The van der Waals surface area contributed by atoms with Gasteiger partial charge in [0.05, 0.1) is 4.90 Å². The van der Waals surface area contributed by atoms with Crippen molar-refractivity contribution in [2.24, 2.45) is 10.9 Å². The van der Waals surface area contributed by atoms with Gasteiger partial charge in [0, 0.05) is 11.8 Å². The lowest BCUT2D eigenvalue weighted by Gasteiger charge is -2.17. The lowest BCUT2D eigenvalue weighted by molar-refractivity contribution is -0.118. The Morgan fingerprint density at radius 2 is 1.92 bits per heavy atom. The van der Waals surface area contributed by atoms with Crippen molar-refractivity contribution < 1.29 is 13.2 Å². The van der Waals surface area contributed by atoms with Gasteiger partial charge >= 0.3 is 0 Å². The van der Waals surface area contributed by atoms with Crippen LogP contribution in [0.1, 0.15) is 25.0 Å². The molecule has 0 spiro atoms. The van der Waals surface area contributed by atoms with Crippen LogP contribution in [0.15, 0.2) is 52.5 Å². The van der Waals surface area contributed by atoms with Crippen LogP contribution in [0.2, 0.25) is 0 Å². The molecule has 26 heavy (non-hydrogen) atoms. The predicted octanol–water partition coefficient (Wildman–Crippen LogP) is 2.09. The van der Waals surface area contributed by atoms with Crippen LogP contribution >= 0.6 is 0 Å². The summed E-state index contributed by atoms with van der Waals surface area (Å²) in [4.78, 5) is 21.4. The number of nitrogens with one attached hydrogen (secondary N) is 2. The van der Waals surface area contributed by atoms with Crippen LogP contribution in [-0.2, 0) is 14.8 Å². The molecule has 8 heteroatoms. The number of amides is 1. The highest BCUT2D eigenvalue weighted by atomic mass is 32.2. The first-order chi connectivity index (χ1) is 12.3. The number of sulfonamides is 1. The average Bonchev–Trinajstić information content (AvgIpc) is 2.85. The number of benzene rings is 1. The third kappa shape index (κ3) is 3.60. The Balaban J connectivity index is 1.91. The van der Waals surface area contributed by atoms with E-state index in [0.29, 0.717) is 11.4 Å². The highest BCUT2D eigenvalue weighted by Gasteiger charge is 2.32. The van der Waals surface area contributed by atoms with Crippen molar-refractivity contribution in [3.8, 4) is 0 Å². The van der Waals surface area contributed by atoms with Gasteiger partial charge in [0.15, 0.2) is 0 Å². The van der Waals surface area contributed by atoms with Gasteiger partial charge in [-0.2, -0.15) is 0 Å². The number of amidine groups is 1. The number of carbonyl (C=O) groups is 1. The number of hydrogen-bond acceptors (Lipinski definition) is 5. The molecular formula is C18H20N4O3S. The Kier molecular flexibility index (Phi) is 4.78. The first kappa shape index (κ1) is 18.1. The van der Waals surface area contributed by atoms with Crippen LogP contribution in [0, 0.1) is 12.8 Å². The molecule has 3 rings (SSSR count). The zero-order valence-corrected chi connectivity index (χ0v) is 15.5. The van der Waals surface area contributed by atoms with E-state index in [1.165, 1.54) is 6.07 Å². The summed E-state index contributed by atoms with van der Waals surface area (Å²) in [6, 6.07) is 9.37. The third-order valence-corrected chi connectivity index (χ3v) is 5.39. The summed E-state index contributed by atoms with van der Waals surface area (Å²) in [6.07, 6.45) is 1.66. The number of nitrogens with zero attached hydrogens (tertiary/aromatic N) is 2. The molecule has 7 nitrogen and oxygen atoms in total. The fourth-order valence-corrected chi connectivity index (χ4v) is 3.86. The van der Waals surface area contributed by atoms with E-state index in [2.05, 4.69) is 20.0 Å². The quantitative estimate of drug-likeness (QED) is 0.858. The Bertz CT molecular complexity index is 966. The van der Waals surface area contributed by atoms with Gasteiger partial charge in [0.25, 0.3) is 15.9 Å². The largest absolute Gasteiger partial charge is 0.309 e. The number of fused-ring (bicyclic) bond motifs is 1. The highest BCUT2D eigenvalue weighted by molar-refractivity contribution is 7.90. The van der Waals surface area contributed by atoms with Crippen LogP contribution in [0.25, 0.3) is 0 Å². The molecule has 0 aliphatic carbocycles. The van der Waals surface area contributed by atoms with Gasteiger partial charge in [-0.1, -0.05) is 32.0 Å². The fraction of sp³-hybridized carbons (Fsp3) is 0.278. The standard InChI is InChI=1S/C18H20N4O3S/c1-11(2)16(18(23)20-15-9-8-12(3)10-19-15)21-17-13-6-4-5-7-14(13)26(24,25)22-17/h4-11,16H,1-3H3,(H,21,22)(H,19,20,23). The molecular weight excluding hydrogens is 352 g/mol. The lowest BCUT2D eigenvalue weighted by atomic mass is 10.0. The van der Waals surface area contributed by atoms with Gasteiger partial charge in [-0.3, -0.25) is 14.5 Å². The van der Waals surface area contributed by atoms with Crippen LogP contribution < -0.4 is 10.0 Å². The number of rotatable bonds is 4. The van der Waals surface area contributed by atoms with E-state index in [0.717, 1.165) is 5.56 Å². The minimum atomic E-state index is -3.64. The summed E-state index contributed by atoms with van der Waals surface area (Å²) in [7, 11) is -3.64. The SMILES string of the molecule is Cc1ccc(NC(=O)C(N=C2NS(=O)(=O)c3ccccc32)C(C)C)nc1. The minimum Gasteiger partial charge on any atom is -0.309 e. The number of aromatic nitrogens is 1. The zero-order chi connectivity index (χ0) is 18.9. The van der Waals surface area contributed by atoms with E-state index in [-0.39, 0.29) is 22.6 Å². The first-order valence-electron chi connectivity index (χ1n) is 8.21. The maximum atomic E-state index is 12.7. The molecule has 2 heterocycles. The van der Waals surface area contributed by atoms with Crippen molar-refractivity contribution >= 4 is 27.6 Å².